The number of methoxy groups -OCH3 is 1. The Bertz CT molecular complexity index is 460. The van der Waals surface area contributed by atoms with E-state index in [9.17, 15) is 0 Å². The smallest absolute Gasteiger partial charge is 0.119 e. The van der Waals surface area contributed by atoms with Crippen LogP contribution < -0.4 is 10.1 Å². The molecular weight excluding hydrogens is 222 g/mol. The maximum atomic E-state index is 5.22. The minimum Gasteiger partial charge on any atom is -0.497 e. The molecule has 0 aliphatic heterocycles. The number of ether oxygens (including phenoxy) is 1. The lowest BCUT2D eigenvalue weighted by Crippen LogP contribution is -2.00. The Hall–Kier alpha value is -1.96. The van der Waals surface area contributed by atoms with E-state index in [0.717, 1.165) is 24.4 Å². The van der Waals surface area contributed by atoms with Gasteiger partial charge in [0, 0.05) is 12.2 Å². The molecule has 1 N–H and O–H groups in total. The zero-order valence-electron chi connectivity index (χ0n) is 10.9. The van der Waals surface area contributed by atoms with Gasteiger partial charge in [0.15, 0.2) is 0 Å². The molecule has 0 aliphatic carbocycles. The Balaban J connectivity index is 2.01. The van der Waals surface area contributed by atoms with Crippen molar-refractivity contribution in [3.63, 3.8) is 0 Å². The van der Waals surface area contributed by atoms with Gasteiger partial charge in [0.2, 0.25) is 0 Å². The largest absolute Gasteiger partial charge is 0.497 e. The molecule has 0 unspecified atom stereocenters. The number of hydrogen-bond acceptors (Lipinski definition) is 2. The van der Waals surface area contributed by atoms with Crippen molar-refractivity contribution < 1.29 is 4.74 Å². The van der Waals surface area contributed by atoms with E-state index in [1.165, 1.54) is 11.1 Å². The molecule has 0 heterocycles. The lowest BCUT2D eigenvalue weighted by molar-refractivity contribution is 0.414. The molecule has 2 heteroatoms. The normalized spacial score (nSPS) is 10.1. The Kier molecular flexibility index (Phi) is 4.24. The lowest BCUT2D eigenvalue weighted by Gasteiger charge is -2.09. The molecule has 0 saturated heterocycles. The fraction of sp³-hybridized carbons (Fsp3) is 0.250. The lowest BCUT2D eigenvalue weighted by atomic mass is 10.1. The van der Waals surface area contributed by atoms with Gasteiger partial charge in [-0.1, -0.05) is 31.2 Å². The minimum absolute atomic E-state index is 0.810. The van der Waals surface area contributed by atoms with E-state index in [2.05, 4.69) is 48.6 Å². The third-order valence-corrected chi connectivity index (χ3v) is 2.97. The molecule has 0 radical (unpaired) electrons. The molecule has 0 bridgehead atoms. The van der Waals surface area contributed by atoms with Gasteiger partial charge in [0.1, 0.15) is 5.75 Å². The summed E-state index contributed by atoms with van der Waals surface area (Å²) in [5.74, 6) is 0.900. The van der Waals surface area contributed by atoms with E-state index >= 15 is 0 Å². The standard InChI is InChI=1S/C16H19NO/c1-3-13-6-4-8-15(10-13)17-12-14-7-5-9-16(11-14)18-2/h4-11,17H,3,12H2,1-2H3. The van der Waals surface area contributed by atoms with Gasteiger partial charge in [-0.2, -0.15) is 0 Å². The van der Waals surface area contributed by atoms with E-state index < -0.39 is 0 Å². The Morgan fingerprint density at radius 2 is 1.78 bits per heavy atom. The zero-order valence-corrected chi connectivity index (χ0v) is 10.9. The number of aryl methyl sites for hydroxylation is 1. The van der Waals surface area contributed by atoms with E-state index in [-0.39, 0.29) is 0 Å². The predicted octanol–water partition coefficient (Wildman–Crippen LogP) is 3.87. The molecule has 2 rings (SSSR count). The van der Waals surface area contributed by atoms with Crippen LogP contribution in [0, 0.1) is 0 Å². The average molecular weight is 241 g/mol. The third-order valence-electron chi connectivity index (χ3n) is 2.97. The van der Waals surface area contributed by atoms with E-state index in [0.29, 0.717) is 0 Å². The highest BCUT2D eigenvalue weighted by Gasteiger charge is 1.97. The van der Waals surface area contributed by atoms with Gasteiger partial charge in [0.25, 0.3) is 0 Å². The van der Waals surface area contributed by atoms with E-state index in [1.54, 1.807) is 7.11 Å². The van der Waals surface area contributed by atoms with Gasteiger partial charge in [-0.3, -0.25) is 0 Å². The highest BCUT2D eigenvalue weighted by Crippen LogP contribution is 2.15. The number of benzene rings is 2. The number of anilines is 1. The molecule has 18 heavy (non-hydrogen) atoms. The van der Waals surface area contributed by atoms with Crippen molar-refractivity contribution in [1.82, 2.24) is 0 Å². The first kappa shape index (κ1) is 12.5. The summed E-state index contributed by atoms with van der Waals surface area (Å²) >= 11 is 0. The van der Waals surface area contributed by atoms with Gasteiger partial charge in [-0.25, -0.2) is 0 Å². The van der Waals surface area contributed by atoms with Crippen LogP contribution in [-0.4, -0.2) is 7.11 Å². The highest BCUT2D eigenvalue weighted by atomic mass is 16.5. The van der Waals surface area contributed by atoms with Crippen molar-refractivity contribution in [2.75, 3.05) is 12.4 Å². The molecule has 0 saturated carbocycles. The van der Waals surface area contributed by atoms with Crippen LogP contribution >= 0.6 is 0 Å². The van der Waals surface area contributed by atoms with Crippen molar-refractivity contribution in [3.05, 3.63) is 59.7 Å². The SMILES string of the molecule is CCc1cccc(NCc2cccc(OC)c2)c1. The van der Waals surface area contributed by atoms with Crippen LogP contribution in [0.3, 0.4) is 0 Å². The predicted molar refractivity (Wildman–Crippen MR) is 76.1 cm³/mol. The second-order valence-corrected chi connectivity index (χ2v) is 4.26. The topological polar surface area (TPSA) is 21.3 Å². The summed E-state index contributed by atoms with van der Waals surface area (Å²) in [6.45, 7) is 2.98. The van der Waals surface area contributed by atoms with Crippen LogP contribution in [0.4, 0.5) is 5.69 Å². The first-order valence-corrected chi connectivity index (χ1v) is 6.27. The molecule has 0 fully saturated rings. The Morgan fingerprint density at radius 3 is 2.56 bits per heavy atom. The molecule has 0 spiro atoms. The third kappa shape index (κ3) is 3.27. The first-order valence-electron chi connectivity index (χ1n) is 6.27. The van der Waals surface area contributed by atoms with Gasteiger partial charge in [0.05, 0.1) is 7.11 Å². The molecule has 2 nitrogen and oxygen atoms in total. The van der Waals surface area contributed by atoms with Crippen LogP contribution in [0.2, 0.25) is 0 Å². The molecule has 0 aliphatic rings. The fourth-order valence-corrected chi connectivity index (χ4v) is 1.89. The summed E-state index contributed by atoms with van der Waals surface area (Å²) in [6, 6.07) is 16.7. The minimum atomic E-state index is 0.810. The molecular formula is C16H19NO. The molecule has 2 aromatic rings. The summed E-state index contributed by atoms with van der Waals surface area (Å²) in [5, 5.41) is 3.43. The summed E-state index contributed by atoms with van der Waals surface area (Å²) in [4.78, 5) is 0. The molecule has 0 aromatic heterocycles. The quantitative estimate of drug-likeness (QED) is 0.858. The maximum Gasteiger partial charge on any atom is 0.119 e. The highest BCUT2D eigenvalue weighted by molar-refractivity contribution is 5.46. The average Bonchev–Trinajstić information content (AvgIpc) is 2.45. The summed E-state index contributed by atoms with van der Waals surface area (Å²) < 4.78 is 5.22. The second-order valence-electron chi connectivity index (χ2n) is 4.26. The molecule has 0 amide bonds. The van der Waals surface area contributed by atoms with Crippen molar-refractivity contribution in [2.24, 2.45) is 0 Å². The Labute approximate surface area is 109 Å². The van der Waals surface area contributed by atoms with Crippen molar-refractivity contribution in [1.29, 1.82) is 0 Å². The number of nitrogens with one attached hydrogen (secondary N) is 1. The van der Waals surface area contributed by atoms with Gasteiger partial charge in [-0.05, 0) is 41.8 Å². The molecule has 94 valence electrons. The van der Waals surface area contributed by atoms with Crippen LogP contribution in [0.1, 0.15) is 18.1 Å². The zero-order chi connectivity index (χ0) is 12.8. The van der Waals surface area contributed by atoms with Crippen molar-refractivity contribution >= 4 is 5.69 Å². The molecule has 0 atom stereocenters. The van der Waals surface area contributed by atoms with Gasteiger partial charge < -0.3 is 10.1 Å². The van der Waals surface area contributed by atoms with Crippen LogP contribution in [0.5, 0.6) is 5.75 Å². The van der Waals surface area contributed by atoms with Crippen LogP contribution in [0.15, 0.2) is 48.5 Å². The van der Waals surface area contributed by atoms with Crippen LogP contribution in [-0.2, 0) is 13.0 Å². The second kappa shape index (κ2) is 6.10. The van der Waals surface area contributed by atoms with Gasteiger partial charge in [-0.15, -0.1) is 0 Å². The van der Waals surface area contributed by atoms with Crippen molar-refractivity contribution in [2.45, 2.75) is 19.9 Å². The first-order chi connectivity index (χ1) is 8.81. The van der Waals surface area contributed by atoms with E-state index in [4.69, 9.17) is 4.74 Å². The monoisotopic (exact) mass is 241 g/mol. The van der Waals surface area contributed by atoms with E-state index in [1.807, 2.05) is 12.1 Å². The summed E-state index contributed by atoms with van der Waals surface area (Å²) in [6.07, 6.45) is 1.06. The maximum absolute atomic E-state index is 5.22. The number of rotatable bonds is 5. The molecule has 2 aromatic carbocycles. The van der Waals surface area contributed by atoms with Gasteiger partial charge >= 0.3 is 0 Å². The summed E-state index contributed by atoms with van der Waals surface area (Å²) in [5.41, 5.74) is 3.74. The Morgan fingerprint density at radius 1 is 1.00 bits per heavy atom. The van der Waals surface area contributed by atoms with Crippen LogP contribution in [0.25, 0.3) is 0 Å². The number of hydrogen-bond donors (Lipinski definition) is 1. The summed E-state index contributed by atoms with van der Waals surface area (Å²) in [7, 11) is 1.69. The van der Waals surface area contributed by atoms with Crippen molar-refractivity contribution in [3.8, 4) is 5.75 Å². The fourth-order valence-electron chi connectivity index (χ4n) is 1.89.